The third-order valence-electron chi connectivity index (χ3n) is 3.49. The Labute approximate surface area is 134 Å². The molecule has 2 aromatic heterocycles. The Hall–Kier alpha value is -1.56. The molecule has 3 rings (SSSR count). The van der Waals surface area contributed by atoms with Crippen molar-refractivity contribution in [2.24, 2.45) is 0 Å². The van der Waals surface area contributed by atoms with Gasteiger partial charge in [0.1, 0.15) is 11.3 Å². The number of benzene rings is 1. The molecule has 21 heavy (non-hydrogen) atoms. The van der Waals surface area contributed by atoms with Gasteiger partial charge >= 0.3 is 0 Å². The number of nitrogens with two attached hydrogens (primary N) is 1. The minimum Gasteiger partial charge on any atom is -0.459 e. The lowest BCUT2D eigenvalue weighted by Crippen LogP contribution is -2.20. The average molecular weight is 324 g/mol. The number of anilines is 1. The second-order valence-corrected chi connectivity index (χ2v) is 6.09. The molecule has 1 atom stereocenters. The van der Waals surface area contributed by atoms with Crippen molar-refractivity contribution in [3.63, 3.8) is 0 Å². The molecule has 0 saturated carbocycles. The van der Waals surface area contributed by atoms with E-state index in [-0.39, 0.29) is 18.4 Å². The summed E-state index contributed by atoms with van der Waals surface area (Å²) in [7, 11) is 2.08. The second-order valence-electron chi connectivity index (χ2n) is 4.94. The van der Waals surface area contributed by atoms with Crippen LogP contribution in [0.2, 0.25) is 0 Å². The van der Waals surface area contributed by atoms with Crippen molar-refractivity contribution < 1.29 is 4.42 Å². The van der Waals surface area contributed by atoms with E-state index in [9.17, 15) is 0 Å². The lowest BCUT2D eigenvalue weighted by molar-refractivity contribution is 0.228. The van der Waals surface area contributed by atoms with Gasteiger partial charge in [-0.3, -0.25) is 4.90 Å². The molecule has 1 aromatic carbocycles. The summed E-state index contributed by atoms with van der Waals surface area (Å²) in [5.74, 6) is 0.978. The summed E-state index contributed by atoms with van der Waals surface area (Å²) in [6.07, 6.45) is 1.84. The van der Waals surface area contributed by atoms with Gasteiger partial charge in [0.25, 0.3) is 0 Å². The van der Waals surface area contributed by atoms with E-state index in [0.29, 0.717) is 5.13 Å². The van der Waals surface area contributed by atoms with E-state index in [1.807, 2.05) is 24.4 Å². The smallest absolute Gasteiger partial charge is 0.180 e. The number of nitrogen functional groups attached to an aromatic ring is 1. The largest absolute Gasteiger partial charge is 0.459 e. The molecule has 3 aromatic rings. The molecule has 0 bridgehead atoms. The number of furan rings is 1. The summed E-state index contributed by atoms with van der Waals surface area (Å²) in [6, 6.07) is 10.4. The number of rotatable bonds is 4. The van der Waals surface area contributed by atoms with Crippen LogP contribution < -0.4 is 5.73 Å². The highest BCUT2D eigenvalue weighted by Crippen LogP contribution is 2.28. The molecule has 6 heteroatoms. The molecule has 0 aliphatic heterocycles. The fourth-order valence-electron chi connectivity index (χ4n) is 2.20. The average Bonchev–Trinajstić information content (AvgIpc) is 3.03. The molecule has 0 amide bonds. The molecule has 0 fully saturated rings. The minimum atomic E-state index is 0. The van der Waals surface area contributed by atoms with Crippen LogP contribution >= 0.6 is 23.7 Å². The summed E-state index contributed by atoms with van der Waals surface area (Å²) in [6.45, 7) is 2.95. The number of hydrogen-bond acceptors (Lipinski definition) is 5. The van der Waals surface area contributed by atoms with Crippen molar-refractivity contribution in [3.8, 4) is 0 Å². The van der Waals surface area contributed by atoms with Crippen molar-refractivity contribution in [2.75, 3.05) is 12.8 Å². The van der Waals surface area contributed by atoms with Crippen molar-refractivity contribution >= 4 is 39.8 Å². The molecule has 112 valence electrons. The van der Waals surface area contributed by atoms with Crippen LogP contribution in [0.3, 0.4) is 0 Å². The van der Waals surface area contributed by atoms with Gasteiger partial charge < -0.3 is 10.2 Å². The predicted octanol–water partition coefficient (Wildman–Crippen LogP) is 4.09. The Bertz CT molecular complexity index is 691. The van der Waals surface area contributed by atoms with Crippen molar-refractivity contribution in [3.05, 3.63) is 47.2 Å². The third kappa shape index (κ3) is 3.37. The standard InChI is InChI=1S/C15H17N3OS.ClH/c1-10(18(2)9-12-8-17-15(16)20-12)14-7-11-5-3-4-6-13(11)19-14;/h3-8,10H,9H2,1-2H3,(H2,16,17);1H. The van der Waals surface area contributed by atoms with E-state index in [2.05, 4.69) is 36.0 Å². The molecule has 0 saturated heterocycles. The molecule has 0 aliphatic carbocycles. The zero-order chi connectivity index (χ0) is 14.1. The minimum absolute atomic E-state index is 0. The molecule has 0 spiro atoms. The Morgan fingerprint density at radius 3 is 2.81 bits per heavy atom. The van der Waals surface area contributed by atoms with Crippen LogP contribution in [0.1, 0.15) is 23.6 Å². The first-order valence-corrected chi connectivity index (χ1v) is 7.34. The zero-order valence-electron chi connectivity index (χ0n) is 11.9. The van der Waals surface area contributed by atoms with Gasteiger partial charge in [0.15, 0.2) is 5.13 Å². The Balaban J connectivity index is 0.00000161. The maximum absolute atomic E-state index is 5.92. The monoisotopic (exact) mass is 323 g/mol. The maximum Gasteiger partial charge on any atom is 0.180 e. The molecule has 4 nitrogen and oxygen atoms in total. The van der Waals surface area contributed by atoms with Crippen molar-refractivity contribution in [1.82, 2.24) is 9.88 Å². The summed E-state index contributed by atoms with van der Waals surface area (Å²) in [5, 5.41) is 1.76. The number of nitrogens with zero attached hydrogens (tertiary/aromatic N) is 2. The first-order valence-electron chi connectivity index (χ1n) is 6.52. The zero-order valence-corrected chi connectivity index (χ0v) is 13.6. The number of para-hydroxylation sites is 1. The van der Waals surface area contributed by atoms with E-state index in [1.165, 1.54) is 11.3 Å². The topological polar surface area (TPSA) is 55.3 Å². The van der Waals surface area contributed by atoms with Gasteiger partial charge in [-0.1, -0.05) is 18.2 Å². The number of halogens is 1. The van der Waals surface area contributed by atoms with Gasteiger partial charge in [0, 0.05) is 23.0 Å². The first kappa shape index (κ1) is 15.8. The normalized spacial score (nSPS) is 12.5. The predicted molar refractivity (Wildman–Crippen MR) is 89.9 cm³/mol. The van der Waals surface area contributed by atoms with E-state index in [4.69, 9.17) is 10.2 Å². The van der Waals surface area contributed by atoms with Crippen molar-refractivity contribution in [1.29, 1.82) is 0 Å². The highest BCUT2D eigenvalue weighted by molar-refractivity contribution is 7.15. The van der Waals surface area contributed by atoms with Crippen LogP contribution in [-0.4, -0.2) is 16.9 Å². The Morgan fingerprint density at radius 2 is 2.14 bits per heavy atom. The molecular weight excluding hydrogens is 306 g/mol. The number of aromatic nitrogens is 1. The fraction of sp³-hybridized carbons (Fsp3) is 0.267. The van der Waals surface area contributed by atoms with Crippen LogP contribution in [0.5, 0.6) is 0 Å². The van der Waals surface area contributed by atoms with Gasteiger partial charge in [-0.15, -0.1) is 23.7 Å². The van der Waals surface area contributed by atoms with E-state index < -0.39 is 0 Å². The molecule has 0 aliphatic rings. The Morgan fingerprint density at radius 1 is 1.38 bits per heavy atom. The van der Waals surface area contributed by atoms with Gasteiger partial charge in [-0.25, -0.2) is 4.98 Å². The summed E-state index contributed by atoms with van der Waals surface area (Å²) >= 11 is 1.53. The van der Waals surface area contributed by atoms with Gasteiger partial charge in [0.2, 0.25) is 0 Å². The lowest BCUT2D eigenvalue weighted by Gasteiger charge is -2.21. The van der Waals surface area contributed by atoms with Crippen LogP contribution in [0.25, 0.3) is 11.0 Å². The summed E-state index contributed by atoms with van der Waals surface area (Å²) in [5.41, 5.74) is 6.60. The molecule has 2 heterocycles. The number of thiazole rings is 1. The highest BCUT2D eigenvalue weighted by atomic mass is 35.5. The van der Waals surface area contributed by atoms with Crippen LogP contribution in [0.4, 0.5) is 5.13 Å². The number of fused-ring (bicyclic) bond motifs is 1. The van der Waals surface area contributed by atoms with Crippen LogP contribution in [0.15, 0.2) is 40.9 Å². The SMILES string of the molecule is CC(c1cc2ccccc2o1)N(C)Cc1cnc(N)s1.Cl. The van der Waals surface area contributed by atoms with Gasteiger partial charge in [0.05, 0.1) is 6.04 Å². The maximum atomic E-state index is 5.92. The fourth-order valence-corrected chi connectivity index (χ4v) is 2.95. The summed E-state index contributed by atoms with van der Waals surface area (Å²) < 4.78 is 5.92. The highest BCUT2D eigenvalue weighted by Gasteiger charge is 2.17. The third-order valence-corrected chi connectivity index (χ3v) is 4.31. The molecule has 0 radical (unpaired) electrons. The van der Waals surface area contributed by atoms with Gasteiger partial charge in [-0.2, -0.15) is 0 Å². The molecule has 1 unspecified atom stereocenters. The van der Waals surface area contributed by atoms with E-state index >= 15 is 0 Å². The second kappa shape index (κ2) is 6.47. The summed E-state index contributed by atoms with van der Waals surface area (Å²) in [4.78, 5) is 7.47. The van der Waals surface area contributed by atoms with Crippen LogP contribution in [-0.2, 0) is 6.54 Å². The molecule has 2 N–H and O–H groups in total. The van der Waals surface area contributed by atoms with Crippen molar-refractivity contribution in [2.45, 2.75) is 19.5 Å². The number of hydrogen-bond donors (Lipinski definition) is 1. The van der Waals surface area contributed by atoms with E-state index in [0.717, 1.165) is 28.2 Å². The quantitative estimate of drug-likeness (QED) is 0.785. The van der Waals surface area contributed by atoms with Crippen LogP contribution in [0, 0.1) is 0 Å². The Kier molecular flexibility index (Phi) is 4.88. The van der Waals surface area contributed by atoms with Gasteiger partial charge in [-0.05, 0) is 26.1 Å². The van der Waals surface area contributed by atoms with E-state index in [1.54, 1.807) is 0 Å². The lowest BCUT2D eigenvalue weighted by atomic mass is 10.2. The molecular formula is C15H18ClN3OS. The first-order chi connectivity index (χ1) is 9.63.